The summed E-state index contributed by atoms with van der Waals surface area (Å²) in [6.45, 7) is 5.23. The summed E-state index contributed by atoms with van der Waals surface area (Å²) in [6, 6.07) is 7.95. The van der Waals surface area contributed by atoms with Crippen LogP contribution in [0, 0.1) is 5.82 Å². The molecule has 0 bridgehead atoms. The number of aromatic nitrogens is 2. The van der Waals surface area contributed by atoms with Crippen molar-refractivity contribution in [2.45, 2.75) is 0 Å². The van der Waals surface area contributed by atoms with Gasteiger partial charge in [0, 0.05) is 45.1 Å². The van der Waals surface area contributed by atoms with Crippen LogP contribution in [0.2, 0.25) is 0 Å². The lowest BCUT2D eigenvalue weighted by molar-refractivity contribution is 0.200. The summed E-state index contributed by atoms with van der Waals surface area (Å²) >= 11 is 0. The summed E-state index contributed by atoms with van der Waals surface area (Å²) in [7, 11) is 0. The Labute approximate surface area is 129 Å². The molecular formula is C16H19FN4O. The van der Waals surface area contributed by atoms with Crippen LogP contribution >= 0.6 is 0 Å². The van der Waals surface area contributed by atoms with Crippen molar-refractivity contribution in [2.75, 3.05) is 44.2 Å². The zero-order chi connectivity index (χ0) is 15.2. The van der Waals surface area contributed by atoms with E-state index in [1.165, 1.54) is 12.1 Å². The molecule has 5 nitrogen and oxygen atoms in total. The first kappa shape index (κ1) is 14.7. The molecule has 3 rings (SSSR count). The number of halogens is 1. The van der Waals surface area contributed by atoms with Crippen molar-refractivity contribution in [3.8, 4) is 5.75 Å². The summed E-state index contributed by atoms with van der Waals surface area (Å²) in [5, 5.41) is 0. The fourth-order valence-corrected chi connectivity index (χ4v) is 2.45. The zero-order valence-electron chi connectivity index (χ0n) is 12.4. The van der Waals surface area contributed by atoms with Gasteiger partial charge < -0.3 is 9.64 Å². The maximum absolute atomic E-state index is 12.8. The summed E-state index contributed by atoms with van der Waals surface area (Å²) in [4.78, 5) is 13.1. The van der Waals surface area contributed by atoms with Crippen LogP contribution in [0.4, 0.5) is 10.3 Å². The summed E-state index contributed by atoms with van der Waals surface area (Å²) in [5.41, 5.74) is 0. The van der Waals surface area contributed by atoms with Crippen molar-refractivity contribution in [1.29, 1.82) is 0 Å². The highest BCUT2D eigenvalue weighted by Gasteiger charge is 2.18. The SMILES string of the molecule is Fc1ccc(OCCN2CCN(c3ncccn3)CC2)cc1. The molecule has 2 heterocycles. The van der Waals surface area contributed by atoms with Crippen LogP contribution in [-0.4, -0.2) is 54.2 Å². The minimum Gasteiger partial charge on any atom is -0.492 e. The lowest BCUT2D eigenvalue weighted by Crippen LogP contribution is -2.48. The summed E-state index contributed by atoms with van der Waals surface area (Å²) in [6.07, 6.45) is 3.54. The van der Waals surface area contributed by atoms with E-state index < -0.39 is 0 Å². The largest absolute Gasteiger partial charge is 0.492 e. The molecule has 1 aromatic heterocycles. The van der Waals surface area contributed by atoms with Gasteiger partial charge in [0.2, 0.25) is 5.95 Å². The van der Waals surface area contributed by atoms with Crippen LogP contribution in [0.5, 0.6) is 5.75 Å². The number of hydrogen-bond acceptors (Lipinski definition) is 5. The van der Waals surface area contributed by atoms with E-state index in [0.29, 0.717) is 12.4 Å². The van der Waals surface area contributed by atoms with Gasteiger partial charge in [-0.3, -0.25) is 4.90 Å². The minimum atomic E-state index is -0.244. The lowest BCUT2D eigenvalue weighted by Gasteiger charge is -2.34. The van der Waals surface area contributed by atoms with Gasteiger partial charge in [0.25, 0.3) is 0 Å². The third kappa shape index (κ3) is 3.92. The van der Waals surface area contributed by atoms with E-state index in [4.69, 9.17) is 4.74 Å². The lowest BCUT2D eigenvalue weighted by atomic mass is 10.3. The van der Waals surface area contributed by atoms with Gasteiger partial charge in [-0.1, -0.05) is 0 Å². The number of benzene rings is 1. The topological polar surface area (TPSA) is 41.5 Å². The number of ether oxygens (including phenoxy) is 1. The van der Waals surface area contributed by atoms with Gasteiger partial charge in [-0.2, -0.15) is 0 Å². The van der Waals surface area contributed by atoms with Crippen LogP contribution in [0.25, 0.3) is 0 Å². The van der Waals surface area contributed by atoms with Crippen molar-refractivity contribution < 1.29 is 9.13 Å². The fourth-order valence-electron chi connectivity index (χ4n) is 2.45. The Morgan fingerprint density at radius 3 is 2.36 bits per heavy atom. The second-order valence-corrected chi connectivity index (χ2v) is 5.18. The molecule has 6 heteroatoms. The molecule has 0 spiro atoms. The van der Waals surface area contributed by atoms with E-state index in [1.807, 2.05) is 6.07 Å². The molecule has 1 aliphatic rings. The first-order valence-electron chi connectivity index (χ1n) is 7.44. The van der Waals surface area contributed by atoms with Crippen molar-refractivity contribution in [2.24, 2.45) is 0 Å². The fraction of sp³-hybridized carbons (Fsp3) is 0.375. The van der Waals surface area contributed by atoms with Crippen LogP contribution in [-0.2, 0) is 0 Å². The molecule has 0 amide bonds. The van der Waals surface area contributed by atoms with Crippen molar-refractivity contribution in [3.05, 3.63) is 48.5 Å². The van der Waals surface area contributed by atoms with Crippen LogP contribution in [0.15, 0.2) is 42.7 Å². The van der Waals surface area contributed by atoms with Crippen molar-refractivity contribution >= 4 is 5.95 Å². The molecular weight excluding hydrogens is 283 g/mol. The molecule has 116 valence electrons. The molecule has 0 unspecified atom stereocenters. The van der Waals surface area contributed by atoms with Gasteiger partial charge in [0.15, 0.2) is 0 Å². The van der Waals surface area contributed by atoms with Gasteiger partial charge in [-0.25, -0.2) is 14.4 Å². The Hall–Kier alpha value is -2.21. The van der Waals surface area contributed by atoms with Crippen molar-refractivity contribution in [3.63, 3.8) is 0 Å². The Morgan fingerprint density at radius 1 is 1.00 bits per heavy atom. The molecule has 0 N–H and O–H groups in total. The van der Waals surface area contributed by atoms with Crippen LogP contribution in [0.3, 0.4) is 0 Å². The molecule has 1 fully saturated rings. The van der Waals surface area contributed by atoms with Gasteiger partial charge in [-0.05, 0) is 30.3 Å². The monoisotopic (exact) mass is 302 g/mol. The maximum atomic E-state index is 12.8. The number of nitrogens with zero attached hydrogens (tertiary/aromatic N) is 4. The zero-order valence-corrected chi connectivity index (χ0v) is 12.4. The van der Waals surface area contributed by atoms with E-state index in [9.17, 15) is 4.39 Å². The average Bonchev–Trinajstić information content (AvgIpc) is 2.58. The highest BCUT2D eigenvalue weighted by Crippen LogP contribution is 2.12. The number of anilines is 1. The predicted octanol–water partition coefficient (Wildman–Crippen LogP) is 1.82. The van der Waals surface area contributed by atoms with Gasteiger partial charge >= 0.3 is 0 Å². The number of hydrogen-bond donors (Lipinski definition) is 0. The highest BCUT2D eigenvalue weighted by atomic mass is 19.1. The molecule has 2 aromatic rings. The second-order valence-electron chi connectivity index (χ2n) is 5.18. The van der Waals surface area contributed by atoms with Gasteiger partial charge in [-0.15, -0.1) is 0 Å². The Bertz CT molecular complexity index is 570. The predicted molar refractivity (Wildman–Crippen MR) is 82.6 cm³/mol. The molecule has 22 heavy (non-hydrogen) atoms. The molecule has 1 aromatic carbocycles. The summed E-state index contributed by atoms with van der Waals surface area (Å²) < 4.78 is 18.4. The van der Waals surface area contributed by atoms with E-state index >= 15 is 0 Å². The van der Waals surface area contributed by atoms with Crippen LogP contribution < -0.4 is 9.64 Å². The Morgan fingerprint density at radius 2 is 1.68 bits per heavy atom. The Kier molecular flexibility index (Phi) is 4.80. The highest BCUT2D eigenvalue weighted by molar-refractivity contribution is 5.29. The normalized spacial score (nSPS) is 15.8. The van der Waals surface area contributed by atoms with E-state index in [-0.39, 0.29) is 5.82 Å². The Balaban J connectivity index is 1.40. The van der Waals surface area contributed by atoms with Crippen LogP contribution in [0.1, 0.15) is 0 Å². The second kappa shape index (κ2) is 7.17. The smallest absolute Gasteiger partial charge is 0.225 e. The molecule has 1 aliphatic heterocycles. The first-order chi connectivity index (χ1) is 10.8. The third-order valence-corrected chi connectivity index (χ3v) is 3.70. The average molecular weight is 302 g/mol. The minimum absolute atomic E-state index is 0.244. The van der Waals surface area contributed by atoms with Crippen molar-refractivity contribution in [1.82, 2.24) is 14.9 Å². The molecule has 1 saturated heterocycles. The molecule has 0 aliphatic carbocycles. The van der Waals surface area contributed by atoms with E-state index in [1.54, 1.807) is 24.5 Å². The van der Waals surface area contributed by atoms with Gasteiger partial charge in [0.1, 0.15) is 18.2 Å². The van der Waals surface area contributed by atoms with E-state index in [0.717, 1.165) is 38.7 Å². The molecule has 0 radical (unpaired) electrons. The summed E-state index contributed by atoms with van der Waals surface area (Å²) in [5.74, 6) is 1.26. The quantitative estimate of drug-likeness (QED) is 0.842. The first-order valence-corrected chi connectivity index (χ1v) is 7.44. The van der Waals surface area contributed by atoms with Gasteiger partial charge in [0.05, 0.1) is 0 Å². The number of piperazine rings is 1. The standard InChI is InChI=1S/C16H19FN4O/c17-14-2-4-15(5-3-14)22-13-12-20-8-10-21(11-9-20)16-18-6-1-7-19-16/h1-7H,8-13H2. The number of rotatable bonds is 5. The molecule has 0 atom stereocenters. The van der Waals surface area contributed by atoms with E-state index in [2.05, 4.69) is 19.8 Å². The maximum Gasteiger partial charge on any atom is 0.225 e. The third-order valence-electron chi connectivity index (χ3n) is 3.70. The molecule has 0 saturated carbocycles.